The Morgan fingerprint density at radius 3 is 2.42 bits per heavy atom. The summed E-state index contributed by atoms with van der Waals surface area (Å²) in [6, 6.07) is 2.50. The molecule has 100 valence electrons. The summed E-state index contributed by atoms with van der Waals surface area (Å²) in [6.45, 7) is 1.65. The third-order valence-electron chi connectivity index (χ3n) is 2.69. The highest BCUT2D eigenvalue weighted by molar-refractivity contribution is 6.37. The Kier molecular flexibility index (Phi) is 3.38. The van der Waals surface area contributed by atoms with Gasteiger partial charge in [-0.15, -0.1) is 0 Å². The van der Waals surface area contributed by atoms with Gasteiger partial charge in [-0.2, -0.15) is 9.78 Å². The number of carboxylic acid groups (broad SMARTS) is 1. The van der Waals surface area contributed by atoms with Crippen LogP contribution >= 0.6 is 23.2 Å². The van der Waals surface area contributed by atoms with Crippen molar-refractivity contribution in [1.82, 2.24) is 14.3 Å². The third kappa shape index (κ3) is 2.24. The van der Waals surface area contributed by atoms with E-state index in [0.717, 1.165) is 4.68 Å². The van der Waals surface area contributed by atoms with Gasteiger partial charge in [0.05, 0.1) is 21.3 Å². The van der Waals surface area contributed by atoms with Crippen molar-refractivity contribution in [3.05, 3.63) is 44.1 Å². The molecule has 0 amide bonds. The monoisotopic (exact) mass is 301 g/mol. The summed E-state index contributed by atoms with van der Waals surface area (Å²) in [5, 5.41) is 13.2. The molecule has 1 N–H and O–H groups in total. The Morgan fingerprint density at radius 2 is 1.95 bits per heavy atom. The number of halogens is 2. The van der Waals surface area contributed by atoms with Gasteiger partial charge in [-0.3, -0.25) is 4.57 Å². The van der Waals surface area contributed by atoms with Gasteiger partial charge in [0, 0.05) is 7.05 Å². The molecule has 0 spiro atoms. The molecule has 0 fully saturated rings. The van der Waals surface area contributed by atoms with Crippen molar-refractivity contribution < 1.29 is 9.90 Å². The zero-order valence-electron chi connectivity index (χ0n) is 10.0. The van der Waals surface area contributed by atoms with Gasteiger partial charge in [0.15, 0.2) is 0 Å². The lowest BCUT2D eigenvalue weighted by Gasteiger charge is -2.06. The van der Waals surface area contributed by atoms with Crippen molar-refractivity contribution in [2.45, 2.75) is 6.92 Å². The summed E-state index contributed by atoms with van der Waals surface area (Å²) in [7, 11) is 1.56. The lowest BCUT2D eigenvalue weighted by atomic mass is 10.2. The molecule has 0 bridgehead atoms. The van der Waals surface area contributed by atoms with Crippen LogP contribution in [0.3, 0.4) is 0 Å². The minimum absolute atomic E-state index is 0.00181. The van der Waals surface area contributed by atoms with E-state index in [1.54, 1.807) is 14.0 Å². The molecule has 0 radical (unpaired) electrons. The quantitative estimate of drug-likeness (QED) is 0.919. The number of carboxylic acids is 1. The van der Waals surface area contributed by atoms with E-state index in [1.165, 1.54) is 16.7 Å². The van der Waals surface area contributed by atoms with Crippen LogP contribution in [0.4, 0.5) is 0 Å². The molecule has 0 saturated carbocycles. The van der Waals surface area contributed by atoms with E-state index in [0.29, 0.717) is 5.82 Å². The summed E-state index contributed by atoms with van der Waals surface area (Å²) >= 11 is 11.8. The van der Waals surface area contributed by atoms with Crippen molar-refractivity contribution in [3.8, 4) is 5.69 Å². The van der Waals surface area contributed by atoms with Crippen LogP contribution in [0.25, 0.3) is 5.69 Å². The maximum atomic E-state index is 11.9. The second-order valence-corrected chi connectivity index (χ2v) is 4.70. The van der Waals surface area contributed by atoms with Crippen LogP contribution in [0, 0.1) is 6.92 Å². The molecule has 0 aliphatic rings. The predicted octanol–water partition coefficient (Wildman–Crippen LogP) is 1.88. The fourth-order valence-electron chi connectivity index (χ4n) is 1.56. The molecule has 1 heterocycles. The van der Waals surface area contributed by atoms with Gasteiger partial charge < -0.3 is 5.11 Å². The van der Waals surface area contributed by atoms with Gasteiger partial charge in [-0.25, -0.2) is 9.59 Å². The number of hydrogen-bond acceptors (Lipinski definition) is 3. The number of hydrogen-bond donors (Lipinski definition) is 1. The van der Waals surface area contributed by atoms with Crippen LogP contribution in [0.1, 0.15) is 16.2 Å². The zero-order chi connectivity index (χ0) is 14.3. The standard InChI is InChI=1S/C11H9Cl2N3O3/c1-5-14-16(11(19)15(5)2)9-3-6(10(17)18)7(12)4-8(9)13/h3-4H,1-2H3,(H,17,18). The maximum Gasteiger partial charge on any atom is 0.350 e. The molecule has 2 aromatic rings. The van der Waals surface area contributed by atoms with Crippen molar-refractivity contribution in [1.29, 1.82) is 0 Å². The number of nitrogens with zero attached hydrogens (tertiary/aromatic N) is 3. The Morgan fingerprint density at radius 1 is 1.32 bits per heavy atom. The molecule has 0 aliphatic carbocycles. The second kappa shape index (κ2) is 4.71. The lowest BCUT2D eigenvalue weighted by molar-refractivity contribution is 0.0697. The molecule has 1 aromatic carbocycles. The van der Waals surface area contributed by atoms with Gasteiger partial charge >= 0.3 is 11.7 Å². The van der Waals surface area contributed by atoms with Crippen molar-refractivity contribution in [2.75, 3.05) is 0 Å². The van der Waals surface area contributed by atoms with Gasteiger partial charge in [0.1, 0.15) is 5.82 Å². The predicted molar refractivity (Wildman–Crippen MR) is 70.5 cm³/mol. The van der Waals surface area contributed by atoms with Gasteiger partial charge in [0.2, 0.25) is 0 Å². The third-order valence-corrected chi connectivity index (χ3v) is 3.31. The highest BCUT2D eigenvalue weighted by Gasteiger charge is 2.17. The van der Waals surface area contributed by atoms with Crippen LogP contribution in [-0.4, -0.2) is 25.4 Å². The number of carbonyl (C=O) groups is 1. The fraction of sp³-hybridized carbons (Fsp3) is 0.182. The van der Waals surface area contributed by atoms with Gasteiger partial charge in [-0.1, -0.05) is 23.2 Å². The summed E-state index contributed by atoms with van der Waals surface area (Å²) in [4.78, 5) is 23.0. The molecule has 0 unspecified atom stereocenters. The topological polar surface area (TPSA) is 77.1 Å². The highest BCUT2D eigenvalue weighted by atomic mass is 35.5. The minimum Gasteiger partial charge on any atom is -0.478 e. The normalized spacial score (nSPS) is 10.7. The van der Waals surface area contributed by atoms with Crippen molar-refractivity contribution >= 4 is 29.2 Å². The van der Waals surface area contributed by atoms with Crippen LogP contribution in [0.15, 0.2) is 16.9 Å². The number of aromatic carboxylic acids is 1. The van der Waals surface area contributed by atoms with Gasteiger partial charge in [0.25, 0.3) is 0 Å². The summed E-state index contributed by atoms with van der Waals surface area (Å²) in [6.07, 6.45) is 0. The number of aromatic nitrogens is 3. The van der Waals surface area contributed by atoms with Crippen LogP contribution in [0.2, 0.25) is 10.0 Å². The van der Waals surface area contributed by atoms with Crippen molar-refractivity contribution in [2.24, 2.45) is 7.05 Å². The first kappa shape index (κ1) is 13.6. The number of aryl methyl sites for hydroxylation is 1. The minimum atomic E-state index is -1.20. The Labute approximate surface area is 117 Å². The van der Waals surface area contributed by atoms with E-state index in [2.05, 4.69) is 5.10 Å². The first-order valence-electron chi connectivity index (χ1n) is 5.18. The number of rotatable bonds is 2. The largest absolute Gasteiger partial charge is 0.478 e. The maximum absolute atomic E-state index is 11.9. The van der Waals surface area contributed by atoms with Crippen LogP contribution in [-0.2, 0) is 7.05 Å². The molecule has 2 rings (SSSR count). The average Bonchev–Trinajstić information content (AvgIpc) is 2.57. The van der Waals surface area contributed by atoms with E-state index in [9.17, 15) is 9.59 Å². The van der Waals surface area contributed by atoms with E-state index >= 15 is 0 Å². The zero-order valence-corrected chi connectivity index (χ0v) is 11.5. The molecule has 1 aromatic heterocycles. The van der Waals surface area contributed by atoms with Gasteiger partial charge in [-0.05, 0) is 19.1 Å². The van der Waals surface area contributed by atoms with E-state index in [4.69, 9.17) is 28.3 Å². The molecular weight excluding hydrogens is 293 g/mol. The first-order valence-corrected chi connectivity index (χ1v) is 5.94. The van der Waals surface area contributed by atoms with E-state index in [1.807, 2.05) is 0 Å². The Bertz CT molecular complexity index is 734. The van der Waals surface area contributed by atoms with Crippen LogP contribution in [0.5, 0.6) is 0 Å². The molecule has 19 heavy (non-hydrogen) atoms. The SMILES string of the molecule is Cc1nn(-c2cc(C(=O)O)c(Cl)cc2Cl)c(=O)n1C. The fourth-order valence-corrected chi connectivity index (χ4v) is 2.10. The first-order chi connectivity index (χ1) is 8.82. The average molecular weight is 302 g/mol. The summed E-state index contributed by atoms with van der Waals surface area (Å²) in [5.41, 5.74) is -0.383. The van der Waals surface area contributed by atoms with Crippen LogP contribution < -0.4 is 5.69 Å². The Balaban J connectivity index is 2.75. The molecule has 0 atom stereocenters. The summed E-state index contributed by atoms with van der Waals surface area (Å²) in [5.74, 6) is -0.725. The summed E-state index contributed by atoms with van der Waals surface area (Å²) < 4.78 is 2.37. The molecule has 0 saturated heterocycles. The number of benzene rings is 1. The highest BCUT2D eigenvalue weighted by Crippen LogP contribution is 2.27. The molecule has 6 nitrogen and oxygen atoms in total. The van der Waals surface area contributed by atoms with E-state index in [-0.39, 0.29) is 21.3 Å². The second-order valence-electron chi connectivity index (χ2n) is 3.89. The molecule has 8 heteroatoms. The van der Waals surface area contributed by atoms with E-state index < -0.39 is 11.7 Å². The molecule has 0 aliphatic heterocycles. The molecular formula is C11H9Cl2N3O3. The lowest BCUT2D eigenvalue weighted by Crippen LogP contribution is -2.22. The smallest absolute Gasteiger partial charge is 0.350 e. The Hall–Kier alpha value is -1.79. The van der Waals surface area contributed by atoms with Crippen molar-refractivity contribution in [3.63, 3.8) is 0 Å².